The van der Waals surface area contributed by atoms with Gasteiger partial charge in [-0.15, -0.1) is 0 Å². The van der Waals surface area contributed by atoms with Crippen molar-refractivity contribution in [2.75, 3.05) is 19.1 Å². The van der Waals surface area contributed by atoms with Gasteiger partial charge in [-0.05, 0) is 47.4 Å². The number of fused-ring (bicyclic) bond motifs is 1. The van der Waals surface area contributed by atoms with Crippen molar-refractivity contribution in [1.29, 1.82) is 0 Å². The summed E-state index contributed by atoms with van der Waals surface area (Å²) in [6, 6.07) is 18.9. The molecule has 1 fully saturated rings. The lowest BCUT2D eigenvalue weighted by Crippen LogP contribution is -2.40. The maximum Gasteiger partial charge on any atom is 0.232 e. The summed E-state index contributed by atoms with van der Waals surface area (Å²) < 4.78 is 11.0. The molecule has 1 aliphatic rings. The van der Waals surface area contributed by atoms with Gasteiger partial charge in [0, 0.05) is 35.3 Å². The number of rotatable bonds is 10. The number of nitrogens with zero attached hydrogens (tertiary/aromatic N) is 1. The number of aromatic hydroxyl groups is 1. The second kappa shape index (κ2) is 12.3. The molecular weight excluding hydrogens is 504 g/mol. The zero-order valence-corrected chi connectivity index (χ0v) is 23.1. The van der Waals surface area contributed by atoms with E-state index in [1.54, 1.807) is 61.6 Å². The lowest BCUT2D eigenvalue weighted by atomic mass is 9.83. The van der Waals surface area contributed by atoms with Crippen LogP contribution in [0.25, 0.3) is 10.9 Å². The van der Waals surface area contributed by atoms with Gasteiger partial charge in [0.2, 0.25) is 5.91 Å². The van der Waals surface area contributed by atoms with Crippen molar-refractivity contribution in [2.24, 2.45) is 5.92 Å². The maximum absolute atomic E-state index is 14.3. The molecule has 1 aliphatic carbocycles. The van der Waals surface area contributed by atoms with E-state index in [1.807, 2.05) is 30.5 Å². The zero-order valence-electron chi connectivity index (χ0n) is 23.1. The summed E-state index contributed by atoms with van der Waals surface area (Å²) in [6.45, 7) is 0. The molecule has 7 nitrogen and oxygen atoms in total. The summed E-state index contributed by atoms with van der Waals surface area (Å²) in [5, 5.41) is 11.0. The summed E-state index contributed by atoms with van der Waals surface area (Å²) in [7, 11) is 3.11. The molecule has 1 aromatic heterocycles. The number of phenols is 1. The first-order chi connectivity index (χ1) is 19.5. The molecule has 40 heavy (non-hydrogen) atoms. The van der Waals surface area contributed by atoms with Gasteiger partial charge in [0.25, 0.3) is 0 Å². The van der Waals surface area contributed by atoms with Crippen LogP contribution in [0.5, 0.6) is 17.2 Å². The van der Waals surface area contributed by atoms with Crippen LogP contribution in [0, 0.1) is 5.92 Å². The number of benzene rings is 3. The SMILES string of the molecule is COc1ccc(N(C(=O)Cc2c[nH]c3ccccc23)C(C(=O)CC2CCCCC2)c2ccc(O)cc2)cc1OC. The van der Waals surface area contributed by atoms with Crippen molar-refractivity contribution in [1.82, 2.24) is 4.98 Å². The standard InChI is InChI=1S/C33H36N2O5/c1-39-30-17-14-25(20-31(30)40-2)35(32(38)19-24-21-34-28-11-7-6-10-27(24)28)33(23-12-15-26(36)16-13-23)29(37)18-22-8-4-3-5-9-22/h6-7,10-17,20-22,33-34,36H,3-5,8-9,18-19H2,1-2H3. The smallest absolute Gasteiger partial charge is 0.232 e. The van der Waals surface area contributed by atoms with Crippen LogP contribution in [-0.4, -0.2) is 36.0 Å². The average Bonchev–Trinajstić information content (AvgIpc) is 3.39. The lowest BCUT2D eigenvalue weighted by molar-refractivity contribution is -0.125. The first kappa shape index (κ1) is 27.3. The van der Waals surface area contributed by atoms with Crippen LogP contribution in [0.15, 0.2) is 72.9 Å². The number of phenolic OH excluding ortho intramolecular Hbond substituents is 1. The number of H-pyrrole nitrogens is 1. The van der Waals surface area contributed by atoms with Gasteiger partial charge in [-0.25, -0.2) is 0 Å². The van der Waals surface area contributed by atoms with Gasteiger partial charge in [-0.2, -0.15) is 0 Å². The Morgan fingerprint density at radius 1 is 0.950 bits per heavy atom. The van der Waals surface area contributed by atoms with Gasteiger partial charge in [0.05, 0.1) is 20.6 Å². The highest BCUT2D eigenvalue weighted by Gasteiger charge is 2.34. The highest BCUT2D eigenvalue weighted by molar-refractivity contribution is 6.04. The zero-order chi connectivity index (χ0) is 28.1. The van der Waals surface area contributed by atoms with Gasteiger partial charge in [0.15, 0.2) is 17.3 Å². The summed E-state index contributed by atoms with van der Waals surface area (Å²) in [5.41, 5.74) is 3.00. The number of carbonyl (C=O) groups excluding carboxylic acids is 2. The number of hydrogen-bond acceptors (Lipinski definition) is 5. The molecule has 0 radical (unpaired) electrons. The van der Waals surface area contributed by atoms with Crippen molar-refractivity contribution >= 4 is 28.3 Å². The average molecular weight is 541 g/mol. The van der Waals surface area contributed by atoms with Crippen LogP contribution in [0.4, 0.5) is 5.69 Å². The molecular formula is C33H36N2O5. The lowest BCUT2D eigenvalue weighted by Gasteiger charge is -2.33. The van der Waals surface area contributed by atoms with E-state index >= 15 is 0 Å². The van der Waals surface area contributed by atoms with Gasteiger partial charge in [-0.1, -0.05) is 62.4 Å². The number of anilines is 1. The Morgan fingerprint density at radius 3 is 2.40 bits per heavy atom. The van der Waals surface area contributed by atoms with Crippen LogP contribution >= 0.6 is 0 Å². The number of hydrogen-bond donors (Lipinski definition) is 2. The second-order valence-corrected chi connectivity index (χ2v) is 10.5. The van der Waals surface area contributed by atoms with Crippen molar-refractivity contribution < 1.29 is 24.2 Å². The topological polar surface area (TPSA) is 91.9 Å². The fourth-order valence-electron chi connectivity index (χ4n) is 5.86. The van der Waals surface area contributed by atoms with Crippen molar-refractivity contribution in [2.45, 2.75) is 51.0 Å². The Morgan fingerprint density at radius 2 is 1.68 bits per heavy atom. The van der Waals surface area contributed by atoms with Gasteiger partial charge >= 0.3 is 0 Å². The number of aromatic nitrogens is 1. The molecule has 7 heteroatoms. The Bertz CT molecular complexity index is 1470. The quantitative estimate of drug-likeness (QED) is 0.232. The predicted octanol–water partition coefficient (Wildman–Crippen LogP) is 6.75. The van der Waals surface area contributed by atoms with Crippen LogP contribution in [0.3, 0.4) is 0 Å². The van der Waals surface area contributed by atoms with E-state index in [2.05, 4.69) is 4.98 Å². The molecule has 3 aromatic carbocycles. The number of Topliss-reactive ketones (excluding diaryl/α,β-unsaturated/α-hetero) is 1. The molecule has 1 atom stereocenters. The Labute approximate surface area is 234 Å². The summed E-state index contributed by atoms with van der Waals surface area (Å²) in [6.07, 6.45) is 7.85. The number of ether oxygens (including phenoxy) is 2. The van der Waals surface area contributed by atoms with Crippen LogP contribution in [0.2, 0.25) is 0 Å². The van der Waals surface area contributed by atoms with E-state index in [9.17, 15) is 14.7 Å². The Balaban J connectivity index is 1.60. The minimum atomic E-state index is -0.863. The molecule has 208 valence electrons. The van der Waals surface area contributed by atoms with Crippen LogP contribution < -0.4 is 14.4 Å². The normalized spacial score (nSPS) is 14.6. The van der Waals surface area contributed by atoms with Crippen LogP contribution in [-0.2, 0) is 16.0 Å². The Hall–Kier alpha value is -4.26. The number of nitrogens with one attached hydrogen (secondary N) is 1. The minimum absolute atomic E-state index is 0.0142. The third-order valence-corrected chi connectivity index (χ3v) is 7.92. The highest BCUT2D eigenvalue weighted by Crippen LogP contribution is 2.38. The van der Waals surface area contributed by atoms with E-state index in [0.717, 1.165) is 42.1 Å². The van der Waals surface area contributed by atoms with Gasteiger partial charge in [0.1, 0.15) is 11.8 Å². The van der Waals surface area contributed by atoms with Gasteiger partial charge < -0.3 is 19.6 Å². The molecule has 1 saturated carbocycles. The van der Waals surface area contributed by atoms with E-state index < -0.39 is 6.04 Å². The van der Waals surface area contributed by atoms with Crippen molar-refractivity contribution in [3.05, 3.63) is 84.1 Å². The van der Waals surface area contributed by atoms with Crippen molar-refractivity contribution in [3.8, 4) is 17.2 Å². The number of para-hydroxylation sites is 1. The van der Waals surface area contributed by atoms with E-state index in [4.69, 9.17) is 9.47 Å². The second-order valence-electron chi connectivity index (χ2n) is 10.5. The predicted molar refractivity (Wildman–Crippen MR) is 156 cm³/mol. The molecule has 0 bridgehead atoms. The summed E-state index contributed by atoms with van der Waals surface area (Å²) in [4.78, 5) is 33.4. The molecule has 2 N–H and O–H groups in total. The fourth-order valence-corrected chi connectivity index (χ4v) is 5.86. The van der Waals surface area contributed by atoms with Gasteiger partial charge in [-0.3, -0.25) is 14.5 Å². The first-order valence-electron chi connectivity index (χ1n) is 13.9. The molecule has 1 amide bonds. The monoisotopic (exact) mass is 540 g/mol. The molecule has 1 unspecified atom stereocenters. The Kier molecular flexibility index (Phi) is 8.39. The number of aromatic amines is 1. The number of ketones is 1. The molecule has 1 heterocycles. The third kappa shape index (κ3) is 5.83. The number of methoxy groups -OCH3 is 2. The molecule has 0 spiro atoms. The number of carbonyl (C=O) groups is 2. The third-order valence-electron chi connectivity index (χ3n) is 7.92. The summed E-state index contributed by atoms with van der Waals surface area (Å²) in [5.74, 6) is 1.17. The first-order valence-corrected chi connectivity index (χ1v) is 13.9. The highest BCUT2D eigenvalue weighted by atomic mass is 16.5. The summed E-state index contributed by atoms with van der Waals surface area (Å²) >= 11 is 0. The number of amides is 1. The maximum atomic E-state index is 14.3. The largest absolute Gasteiger partial charge is 0.508 e. The minimum Gasteiger partial charge on any atom is -0.508 e. The molecule has 5 rings (SSSR count). The van der Waals surface area contributed by atoms with E-state index in [1.165, 1.54) is 6.42 Å². The van der Waals surface area contributed by atoms with E-state index in [0.29, 0.717) is 35.1 Å². The molecule has 4 aromatic rings. The molecule has 0 saturated heterocycles. The van der Waals surface area contributed by atoms with Crippen molar-refractivity contribution in [3.63, 3.8) is 0 Å². The van der Waals surface area contributed by atoms with E-state index in [-0.39, 0.29) is 23.9 Å². The van der Waals surface area contributed by atoms with Crippen LogP contribution in [0.1, 0.15) is 55.7 Å². The fraction of sp³-hybridized carbons (Fsp3) is 0.333. The molecule has 0 aliphatic heterocycles.